The standard InChI is InChI=1S/C29H38N2O4/c1-7-30(8-2)15-16-31-26(22-11-9-20(5)10-12-22)25(28(33)29(31)34)27(32)23-13-14-24(21(6)17-23)35-18-19(3)4/h9-14,17,19,26,32H,7-8,15-16,18H2,1-6H3/t26-/m0/s1. The van der Waals surface area contributed by atoms with Crippen LogP contribution in [0.15, 0.2) is 48.0 Å². The van der Waals surface area contributed by atoms with Gasteiger partial charge in [0.15, 0.2) is 0 Å². The van der Waals surface area contributed by atoms with E-state index in [9.17, 15) is 14.7 Å². The number of aliphatic hydroxyl groups is 1. The van der Waals surface area contributed by atoms with Crippen molar-refractivity contribution in [1.29, 1.82) is 0 Å². The van der Waals surface area contributed by atoms with Gasteiger partial charge >= 0.3 is 0 Å². The molecule has 1 heterocycles. The highest BCUT2D eigenvalue weighted by molar-refractivity contribution is 6.46. The quantitative estimate of drug-likeness (QED) is 0.292. The topological polar surface area (TPSA) is 70.1 Å². The molecule has 1 amide bonds. The molecule has 1 aliphatic heterocycles. The third-order valence-corrected chi connectivity index (χ3v) is 6.51. The fourth-order valence-corrected chi connectivity index (χ4v) is 4.37. The first kappa shape index (κ1) is 26.5. The number of likely N-dealkylation sites (tertiary alicyclic amines) is 1. The number of aliphatic hydroxyl groups excluding tert-OH is 1. The van der Waals surface area contributed by atoms with E-state index in [0.717, 1.165) is 35.5 Å². The smallest absolute Gasteiger partial charge is 0.295 e. The maximum Gasteiger partial charge on any atom is 0.295 e. The summed E-state index contributed by atoms with van der Waals surface area (Å²) in [5.74, 6) is -0.240. The van der Waals surface area contributed by atoms with Crippen molar-refractivity contribution in [2.45, 2.75) is 47.6 Å². The number of ether oxygens (including phenoxy) is 1. The van der Waals surface area contributed by atoms with Crippen LogP contribution in [0.1, 0.15) is 56.0 Å². The summed E-state index contributed by atoms with van der Waals surface area (Å²) < 4.78 is 5.86. The predicted octanol–water partition coefficient (Wildman–Crippen LogP) is 5.10. The van der Waals surface area contributed by atoms with Crippen LogP contribution >= 0.6 is 0 Å². The van der Waals surface area contributed by atoms with Gasteiger partial charge in [0.25, 0.3) is 11.7 Å². The molecular formula is C29H38N2O4. The number of amides is 1. The maximum atomic E-state index is 13.2. The lowest BCUT2D eigenvalue weighted by Gasteiger charge is -2.28. The highest BCUT2D eigenvalue weighted by Crippen LogP contribution is 2.39. The minimum atomic E-state index is -0.648. The van der Waals surface area contributed by atoms with Crippen LogP contribution in [0.2, 0.25) is 0 Å². The fraction of sp³-hybridized carbons (Fsp3) is 0.448. The number of likely N-dealkylation sites (N-methyl/N-ethyl adjacent to an activating group) is 1. The van der Waals surface area contributed by atoms with Crippen molar-refractivity contribution in [2.24, 2.45) is 5.92 Å². The summed E-state index contributed by atoms with van der Waals surface area (Å²) in [4.78, 5) is 30.2. The van der Waals surface area contributed by atoms with Gasteiger partial charge in [-0.25, -0.2) is 0 Å². The van der Waals surface area contributed by atoms with Crippen molar-refractivity contribution in [2.75, 3.05) is 32.8 Å². The van der Waals surface area contributed by atoms with Crippen LogP contribution in [-0.4, -0.2) is 59.4 Å². The Morgan fingerprint density at radius 2 is 1.71 bits per heavy atom. The lowest BCUT2D eigenvalue weighted by atomic mass is 9.94. The zero-order valence-electron chi connectivity index (χ0n) is 21.8. The average molecular weight is 479 g/mol. The molecule has 6 heteroatoms. The van der Waals surface area contributed by atoms with Crippen LogP contribution < -0.4 is 4.74 Å². The second-order valence-corrected chi connectivity index (χ2v) is 9.62. The fourth-order valence-electron chi connectivity index (χ4n) is 4.37. The minimum Gasteiger partial charge on any atom is -0.507 e. The normalized spacial score (nSPS) is 17.6. The molecule has 0 aromatic heterocycles. The number of carbonyl (C=O) groups is 2. The Kier molecular flexibility index (Phi) is 8.73. The Hall–Kier alpha value is -3.12. The summed E-state index contributed by atoms with van der Waals surface area (Å²) >= 11 is 0. The third-order valence-electron chi connectivity index (χ3n) is 6.51. The highest BCUT2D eigenvalue weighted by Gasteiger charge is 2.45. The summed E-state index contributed by atoms with van der Waals surface area (Å²) in [6.07, 6.45) is 0. The summed E-state index contributed by atoms with van der Waals surface area (Å²) in [5, 5.41) is 11.3. The van der Waals surface area contributed by atoms with E-state index in [1.54, 1.807) is 17.0 Å². The molecule has 188 valence electrons. The largest absolute Gasteiger partial charge is 0.507 e. The van der Waals surface area contributed by atoms with Gasteiger partial charge in [0.1, 0.15) is 11.5 Å². The van der Waals surface area contributed by atoms with Crippen molar-refractivity contribution in [3.05, 3.63) is 70.3 Å². The number of ketones is 1. The number of nitrogens with zero attached hydrogens (tertiary/aromatic N) is 2. The lowest BCUT2D eigenvalue weighted by molar-refractivity contribution is -0.140. The summed E-state index contributed by atoms with van der Waals surface area (Å²) in [6, 6.07) is 12.5. The van der Waals surface area contributed by atoms with Gasteiger partial charge in [0.2, 0.25) is 0 Å². The molecule has 2 aromatic carbocycles. The molecule has 1 fully saturated rings. The van der Waals surface area contributed by atoms with Crippen LogP contribution in [-0.2, 0) is 9.59 Å². The first-order chi connectivity index (χ1) is 16.7. The molecule has 1 N–H and O–H groups in total. The molecular weight excluding hydrogens is 440 g/mol. The molecule has 2 aromatic rings. The Bertz CT molecular complexity index is 1080. The minimum absolute atomic E-state index is 0.133. The number of Topliss-reactive ketones (excluding diaryl/α,β-unsaturated/α-hetero) is 1. The molecule has 0 radical (unpaired) electrons. The lowest BCUT2D eigenvalue weighted by Crippen LogP contribution is -2.38. The molecule has 0 aliphatic carbocycles. The van der Waals surface area contributed by atoms with E-state index in [4.69, 9.17) is 4.74 Å². The van der Waals surface area contributed by atoms with Crippen LogP contribution in [0.4, 0.5) is 0 Å². The van der Waals surface area contributed by atoms with Gasteiger partial charge in [-0.3, -0.25) is 9.59 Å². The van der Waals surface area contributed by atoms with Crippen molar-refractivity contribution in [3.63, 3.8) is 0 Å². The summed E-state index contributed by atoms with van der Waals surface area (Å²) in [5.41, 5.74) is 3.38. The van der Waals surface area contributed by atoms with Crippen LogP contribution in [0.25, 0.3) is 5.76 Å². The number of hydrogen-bond donors (Lipinski definition) is 1. The summed E-state index contributed by atoms with van der Waals surface area (Å²) in [6.45, 7) is 15.6. The Morgan fingerprint density at radius 1 is 1.06 bits per heavy atom. The van der Waals surface area contributed by atoms with Gasteiger partial charge in [-0.15, -0.1) is 0 Å². The molecule has 3 rings (SSSR count). The molecule has 1 atom stereocenters. The Balaban J connectivity index is 2.04. The maximum absolute atomic E-state index is 13.2. The molecule has 0 spiro atoms. The van der Waals surface area contributed by atoms with Crippen molar-refractivity contribution in [3.8, 4) is 5.75 Å². The van der Waals surface area contributed by atoms with Gasteiger partial charge < -0.3 is 19.6 Å². The van der Waals surface area contributed by atoms with Gasteiger partial charge in [-0.2, -0.15) is 0 Å². The monoisotopic (exact) mass is 478 g/mol. The number of hydrogen-bond acceptors (Lipinski definition) is 5. The van der Waals surface area contributed by atoms with Crippen LogP contribution in [0.3, 0.4) is 0 Å². The van der Waals surface area contributed by atoms with E-state index >= 15 is 0 Å². The zero-order valence-corrected chi connectivity index (χ0v) is 21.8. The second-order valence-electron chi connectivity index (χ2n) is 9.62. The Morgan fingerprint density at radius 3 is 2.29 bits per heavy atom. The van der Waals surface area contributed by atoms with Gasteiger partial charge in [-0.05, 0) is 62.2 Å². The Labute approximate surface area is 209 Å². The molecule has 1 aliphatic rings. The van der Waals surface area contributed by atoms with Crippen LogP contribution in [0.5, 0.6) is 5.75 Å². The van der Waals surface area contributed by atoms with Crippen molar-refractivity contribution >= 4 is 17.4 Å². The van der Waals surface area contributed by atoms with E-state index in [-0.39, 0.29) is 11.3 Å². The van der Waals surface area contributed by atoms with E-state index in [1.165, 1.54) is 0 Å². The average Bonchev–Trinajstić information content (AvgIpc) is 3.08. The number of benzene rings is 2. The predicted molar refractivity (Wildman–Crippen MR) is 139 cm³/mol. The van der Waals surface area contributed by atoms with E-state index in [2.05, 4.69) is 32.6 Å². The number of aryl methyl sites for hydroxylation is 2. The van der Waals surface area contributed by atoms with Gasteiger partial charge in [0, 0.05) is 18.7 Å². The molecule has 1 saturated heterocycles. The second kappa shape index (κ2) is 11.5. The molecule has 0 unspecified atom stereocenters. The van der Waals surface area contributed by atoms with Gasteiger partial charge in [0.05, 0.1) is 18.2 Å². The first-order valence-electron chi connectivity index (χ1n) is 12.5. The van der Waals surface area contributed by atoms with E-state index < -0.39 is 17.7 Å². The van der Waals surface area contributed by atoms with E-state index in [0.29, 0.717) is 31.2 Å². The van der Waals surface area contributed by atoms with Crippen molar-refractivity contribution < 1.29 is 19.4 Å². The molecule has 6 nitrogen and oxygen atoms in total. The van der Waals surface area contributed by atoms with Gasteiger partial charge in [-0.1, -0.05) is 57.5 Å². The highest BCUT2D eigenvalue weighted by atomic mass is 16.5. The van der Waals surface area contributed by atoms with Crippen molar-refractivity contribution in [1.82, 2.24) is 9.80 Å². The van der Waals surface area contributed by atoms with E-state index in [1.807, 2.05) is 44.2 Å². The number of carbonyl (C=O) groups excluding carboxylic acids is 2. The molecule has 0 saturated carbocycles. The third kappa shape index (κ3) is 5.93. The summed E-state index contributed by atoms with van der Waals surface area (Å²) in [7, 11) is 0. The SMILES string of the molecule is CCN(CC)CCN1C(=O)C(=O)C(=C(O)c2ccc(OCC(C)C)c(C)c2)[C@@H]1c1ccc(C)cc1. The number of rotatable bonds is 10. The van der Waals surface area contributed by atoms with Crippen LogP contribution in [0, 0.1) is 19.8 Å². The molecule has 35 heavy (non-hydrogen) atoms. The first-order valence-corrected chi connectivity index (χ1v) is 12.5. The molecule has 0 bridgehead atoms. The zero-order chi connectivity index (χ0) is 25.7.